The molecular formula is C5H4B9ClN5. The number of azide groups is 1. The van der Waals surface area contributed by atoms with Gasteiger partial charge in [-0.15, -0.1) is 0 Å². The first-order chi connectivity index (χ1) is 9.43. The molecule has 1 heterocycles. The van der Waals surface area contributed by atoms with Crippen LogP contribution in [0, 0.1) is 0 Å². The Kier molecular flexibility index (Phi) is 10.6. The van der Waals surface area contributed by atoms with Crippen LogP contribution in [0.1, 0.15) is 5.69 Å². The predicted octanol–water partition coefficient (Wildman–Crippen LogP) is -1.49. The molecule has 1 aromatic rings. The Hall–Kier alpha value is -0.736. The number of hydrogen-bond acceptors (Lipinski definition) is 3. The first kappa shape index (κ1) is 19.3. The van der Waals surface area contributed by atoms with Gasteiger partial charge in [-0.1, -0.05) is 16.7 Å². The fourth-order valence-electron chi connectivity index (χ4n) is 1.07. The van der Waals surface area contributed by atoms with Gasteiger partial charge in [-0.05, 0) is 5.53 Å². The lowest BCUT2D eigenvalue weighted by Gasteiger charge is -2.17. The van der Waals surface area contributed by atoms with Crippen molar-refractivity contribution in [2.45, 2.75) is 6.54 Å². The van der Waals surface area contributed by atoms with Crippen LogP contribution in [-0.4, -0.2) is 74.9 Å². The maximum Gasteiger partial charge on any atom is 0.150 e. The lowest BCUT2D eigenvalue weighted by atomic mass is 8.64. The maximum absolute atomic E-state index is 7.99. The summed E-state index contributed by atoms with van der Waals surface area (Å²) >= 11 is 5.60. The normalized spacial score (nSPS) is 8.45. The molecule has 11 radical (unpaired) electrons. The molecular weight excluding hydrogens is 263 g/mol. The van der Waals surface area contributed by atoms with Gasteiger partial charge < -0.3 is 0 Å². The summed E-state index contributed by atoms with van der Waals surface area (Å²) in [6.45, 7) is 0.142. The molecule has 0 unspecified atom stereocenters. The predicted molar refractivity (Wildman–Crippen MR) is 91.7 cm³/mol. The van der Waals surface area contributed by atoms with Gasteiger partial charge in [0.1, 0.15) is 0 Å². The van der Waals surface area contributed by atoms with Gasteiger partial charge in [-0.25, -0.2) is 4.98 Å². The van der Waals surface area contributed by atoms with Crippen molar-refractivity contribution in [2.24, 2.45) is 5.11 Å². The van der Waals surface area contributed by atoms with Gasteiger partial charge in [0.2, 0.25) is 0 Å². The van der Waals surface area contributed by atoms with E-state index in [0.717, 1.165) is 0 Å². The Morgan fingerprint density at radius 3 is 2.15 bits per heavy atom. The molecule has 0 N–H and O–H groups in total. The van der Waals surface area contributed by atoms with E-state index in [1.165, 1.54) is 19.5 Å². The van der Waals surface area contributed by atoms with Crippen LogP contribution >= 0.6 is 11.6 Å². The Bertz CT molecular complexity index is 432. The quantitative estimate of drug-likeness (QED) is 0.282. The zero-order valence-electron chi connectivity index (χ0n) is 10.7. The molecule has 15 heteroatoms. The molecule has 0 bridgehead atoms. The number of halogens is 1. The highest BCUT2D eigenvalue weighted by Crippen LogP contribution is 2.08. The van der Waals surface area contributed by atoms with Crippen LogP contribution in [0.2, 0.25) is 5.15 Å². The average molecular weight is 267 g/mol. The third-order valence-electron chi connectivity index (χ3n) is 2.12. The molecule has 20 heavy (non-hydrogen) atoms. The molecule has 0 fully saturated rings. The van der Waals surface area contributed by atoms with Crippen molar-refractivity contribution in [1.82, 2.24) is 9.97 Å². The largest absolute Gasteiger partial charge is 0.256 e. The SMILES string of the molecule is [B][B]B(B([B])[B])B([B])[B].[N-]=[N+]=NCc1nccnc1Cl. The zero-order chi connectivity index (χ0) is 15.5. The van der Waals surface area contributed by atoms with Crippen molar-refractivity contribution in [3.63, 3.8) is 0 Å². The Labute approximate surface area is 132 Å². The van der Waals surface area contributed by atoms with Crippen molar-refractivity contribution in [2.75, 3.05) is 0 Å². The molecule has 0 aliphatic heterocycles. The Balaban J connectivity index is 0.000000370. The maximum atomic E-state index is 7.99. The number of rotatable bonds is 5. The average Bonchev–Trinajstić information content (AvgIpc) is 2.38. The molecule has 0 aromatic carbocycles. The second-order valence-corrected chi connectivity index (χ2v) is 3.97. The third-order valence-corrected chi connectivity index (χ3v) is 2.43. The molecule has 83 valence electrons. The highest BCUT2D eigenvalue weighted by Gasteiger charge is 2.18. The first-order valence-electron chi connectivity index (χ1n) is 5.47. The topological polar surface area (TPSA) is 74.5 Å². The van der Waals surface area contributed by atoms with Crippen molar-refractivity contribution >= 4 is 76.5 Å². The van der Waals surface area contributed by atoms with E-state index in [0.29, 0.717) is 5.69 Å². The summed E-state index contributed by atoms with van der Waals surface area (Å²) in [5.74, 6) is 0. The minimum absolute atomic E-state index is 0.142. The second kappa shape index (κ2) is 11.0. The van der Waals surface area contributed by atoms with Crippen molar-refractivity contribution in [3.05, 3.63) is 33.7 Å². The molecule has 0 spiro atoms. The Morgan fingerprint density at radius 2 is 1.80 bits per heavy atom. The molecule has 0 saturated heterocycles. The minimum Gasteiger partial charge on any atom is -0.256 e. The fraction of sp³-hybridized carbons (Fsp3) is 0.200. The minimum atomic E-state index is -0.574. The summed E-state index contributed by atoms with van der Waals surface area (Å²) in [5.41, 5.74) is 8.48. The van der Waals surface area contributed by atoms with Gasteiger partial charge in [0.25, 0.3) is 0 Å². The summed E-state index contributed by atoms with van der Waals surface area (Å²) < 4.78 is 0. The molecule has 0 saturated carbocycles. The van der Waals surface area contributed by atoms with Crippen LogP contribution in [0.15, 0.2) is 17.5 Å². The smallest absolute Gasteiger partial charge is 0.150 e. The van der Waals surface area contributed by atoms with Crippen LogP contribution < -0.4 is 0 Å². The highest BCUT2D eigenvalue weighted by molar-refractivity contribution is 7.93. The van der Waals surface area contributed by atoms with E-state index in [4.69, 9.17) is 55.8 Å². The lowest BCUT2D eigenvalue weighted by molar-refractivity contribution is 0.952. The van der Waals surface area contributed by atoms with Gasteiger partial charge in [-0.3, -0.25) is 4.98 Å². The first-order valence-corrected chi connectivity index (χ1v) is 5.85. The summed E-state index contributed by atoms with van der Waals surface area (Å²) in [5, 5.41) is 3.57. The molecule has 0 atom stereocenters. The zero-order valence-corrected chi connectivity index (χ0v) is 11.4. The Morgan fingerprint density at radius 1 is 1.25 bits per heavy atom. The summed E-state index contributed by atoms with van der Waals surface area (Å²) in [6, 6.07) is 0. The van der Waals surface area contributed by atoms with Crippen molar-refractivity contribution in [3.8, 4) is 0 Å². The van der Waals surface area contributed by atoms with E-state index < -0.39 is 12.8 Å². The fourth-order valence-corrected chi connectivity index (χ4v) is 1.23. The van der Waals surface area contributed by atoms with Crippen LogP contribution in [0.3, 0.4) is 0 Å². The summed E-state index contributed by atoms with van der Waals surface area (Å²) in [4.78, 5) is 10.2. The standard InChI is InChI=1S/C5H4ClN5.B9/c6-5-4(3-10-11-7)8-1-2-9-5;1-6-9(7(2)3)8(4)5/h1-2H,3H2;. The molecule has 5 nitrogen and oxygen atoms in total. The third kappa shape index (κ3) is 7.76. The molecule has 0 aliphatic carbocycles. The van der Waals surface area contributed by atoms with Crippen molar-refractivity contribution in [1.29, 1.82) is 0 Å². The van der Waals surface area contributed by atoms with Crippen LogP contribution in [0.5, 0.6) is 0 Å². The molecule has 1 aromatic heterocycles. The molecule has 1 rings (SSSR count). The van der Waals surface area contributed by atoms with E-state index in [1.807, 2.05) is 0 Å². The summed E-state index contributed by atoms with van der Waals surface area (Å²) in [6.07, 6.45) is 1.51. The monoisotopic (exact) mass is 268 g/mol. The number of hydrogen-bond donors (Lipinski definition) is 0. The van der Waals surface area contributed by atoms with Crippen LogP contribution in [0.25, 0.3) is 10.4 Å². The van der Waals surface area contributed by atoms with Gasteiger partial charge in [0.05, 0.1) is 12.2 Å². The van der Waals surface area contributed by atoms with Crippen LogP contribution in [0.4, 0.5) is 0 Å². The van der Waals surface area contributed by atoms with E-state index in [1.54, 1.807) is 0 Å². The van der Waals surface area contributed by atoms with Gasteiger partial charge in [-0.2, -0.15) is 0 Å². The second-order valence-electron chi connectivity index (χ2n) is 3.61. The molecule has 0 amide bonds. The molecule has 0 aliphatic rings. The van der Waals surface area contributed by atoms with E-state index in [2.05, 4.69) is 20.0 Å². The number of nitrogens with zero attached hydrogens (tertiary/aromatic N) is 5. The van der Waals surface area contributed by atoms with Gasteiger partial charge >= 0.3 is 0 Å². The summed E-state index contributed by atoms with van der Waals surface area (Å²) in [7, 11) is 27.5. The van der Waals surface area contributed by atoms with Crippen LogP contribution in [-0.2, 0) is 6.54 Å². The van der Waals surface area contributed by atoms with E-state index in [9.17, 15) is 0 Å². The number of aromatic nitrogens is 2. The van der Waals surface area contributed by atoms with Crippen molar-refractivity contribution < 1.29 is 0 Å². The van der Waals surface area contributed by atoms with E-state index in [-0.39, 0.29) is 18.1 Å². The van der Waals surface area contributed by atoms with Gasteiger partial charge in [0, 0.05) is 82.2 Å². The highest BCUT2D eigenvalue weighted by atomic mass is 35.5. The van der Waals surface area contributed by atoms with E-state index >= 15 is 0 Å². The lowest BCUT2D eigenvalue weighted by Crippen LogP contribution is -2.55. The van der Waals surface area contributed by atoms with Gasteiger partial charge in [0.15, 0.2) is 5.15 Å².